The summed E-state index contributed by atoms with van der Waals surface area (Å²) in [5, 5.41) is 4.22. The number of halogens is 3. The minimum Gasteiger partial charge on any atom is -0.328 e. The third-order valence-corrected chi connectivity index (χ3v) is 4.64. The van der Waals surface area contributed by atoms with Crippen molar-refractivity contribution in [2.24, 2.45) is 0 Å². The van der Waals surface area contributed by atoms with Gasteiger partial charge in [-0.2, -0.15) is 13.2 Å². The summed E-state index contributed by atoms with van der Waals surface area (Å²) in [5.41, 5.74) is 2.07. The number of hydrogen-bond acceptors (Lipinski definition) is 1. The number of quaternary nitrogens is 1. The number of amides is 1. The van der Waals surface area contributed by atoms with E-state index in [4.69, 9.17) is 0 Å². The van der Waals surface area contributed by atoms with E-state index < -0.39 is 17.6 Å². The van der Waals surface area contributed by atoms with E-state index in [2.05, 4.69) is 5.32 Å². The molecule has 1 amide bonds. The number of carbonyl (C=O) groups is 1. The first-order valence-corrected chi connectivity index (χ1v) is 9.25. The average Bonchev–Trinajstić information content (AvgIpc) is 2.70. The molecule has 0 aliphatic rings. The number of alkyl halides is 3. The lowest BCUT2D eigenvalue weighted by Gasteiger charge is -2.17. The van der Waals surface area contributed by atoms with Crippen molar-refractivity contribution in [2.45, 2.75) is 19.1 Å². The van der Waals surface area contributed by atoms with Gasteiger partial charge in [0.05, 0.1) is 11.3 Å². The largest absolute Gasteiger partial charge is 0.418 e. The van der Waals surface area contributed by atoms with Crippen molar-refractivity contribution in [1.29, 1.82) is 0 Å². The lowest BCUT2D eigenvalue weighted by molar-refractivity contribution is -0.676. The molecule has 0 fully saturated rings. The molecule has 3 rings (SSSR count). The van der Waals surface area contributed by atoms with Crippen molar-refractivity contribution < 1.29 is 23.3 Å². The van der Waals surface area contributed by atoms with E-state index >= 15 is 0 Å². The molecular weight excluding hydrogens is 377 g/mol. The van der Waals surface area contributed by atoms with Gasteiger partial charge in [0, 0.05) is 11.1 Å². The van der Waals surface area contributed by atoms with Crippen LogP contribution in [0, 0.1) is 6.92 Å². The van der Waals surface area contributed by atoms with Crippen LogP contribution in [-0.4, -0.2) is 12.5 Å². The number of aryl methyl sites for hydroxylation is 1. The summed E-state index contributed by atoms with van der Waals surface area (Å²) in [4.78, 5) is 12.4. The monoisotopic (exact) mass is 399 g/mol. The van der Waals surface area contributed by atoms with E-state index in [1.54, 1.807) is 0 Å². The molecule has 3 nitrogen and oxygen atoms in total. The molecule has 0 saturated heterocycles. The zero-order valence-electron chi connectivity index (χ0n) is 15.9. The van der Waals surface area contributed by atoms with Gasteiger partial charge in [-0.25, -0.2) is 0 Å². The van der Waals surface area contributed by atoms with Gasteiger partial charge in [-0.05, 0) is 19.1 Å². The highest BCUT2D eigenvalue weighted by atomic mass is 19.4. The minimum atomic E-state index is -4.53. The molecule has 0 spiro atoms. The van der Waals surface area contributed by atoms with Gasteiger partial charge in [0.2, 0.25) is 0 Å². The molecule has 0 unspecified atom stereocenters. The number of benzene rings is 3. The normalized spacial score (nSPS) is 12.4. The Balaban J connectivity index is 1.75. The highest BCUT2D eigenvalue weighted by Crippen LogP contribution is 2.34. The second-order valence-electron chi connectivity index (χ2n) is 6.83. The first-order chi connectivity index (χ1) is 13.8. The number of anilines is 1. The predicted octanol–water partition coefficient (Wildman–Crippen LogP) is 4.31. The van der Waals surface area contributed by atoms with Crippen LogP contribution in [0.4, 0.5) is 18.9 Å². The predicted molar refractivity (Wildman–Crippen MR) is 106 cm³/mol. The third-order valence-electron chi connectivity index (χ3n) is 4.64. The molecule has 0 radical (unpaired) electrons. The highest BCUT2D eigenvalue weighted by Gasteiger charge is 2.33. The van der Waals surface area contributed by atoms with Crippen molar-refractivity contribution in [1.82, 2.24) is 0 Å². The van der Waals surface area contributed by atoms with Crippen LogP contribution in [-0.2, 0) is 11.0 Å². The molecule has 0 heterocycles. The molecule has 0 aliphatic carbocycles. The number of rotatable bonds is 6. The average molecular weight is 399 g/mol. The second kappa shape index (κ2) is 8.92. The van der Waals surface area contributed by atoms with Crippen LogP contribution in [0.3, 0.4) is 0 Å². The highest BCUT2D eigenvalue weighted by molar-refractivity contribution is 5.92. The van der Waals surface area contributed by atoms with E-state index in [0.717, 1.165) is 22.8 Å². The summed E-state index contributed by atoms with van der Waals surface area (Å²) in [6.45, 7) is 1.98. The van der Waals surface area contributed by atoms with Crippen molar-refractivity contribution in [3.8, 4) is 0 Å². The third kappa shape index (κ3) is 5.45. The molecular formula is C23H22F3N2O+. The Morgan fingerprint density at radius 2 is 1.48 bits per heavy atom. The number of nitrogens with two attached hydrogens (primary N) is 1. The zero-order valence-corrected chi connectivity index (χ0v) is 15.9. The lowest BCUT2D eigenvalue weighted by Crippen LogP contribution is -2.87. The molecule has 3 aromatic carbocycles. The van der Waals surface area contributed by atoms with Crippen molar-refractivity contribution >= 4 is 11.6 Å². The van der Waals surface area contributed by atoms with Gasteiger partial charge in [0.1, 0.15) is 6.04 Å². The summed E-state index contributed by atoms with van der Waals surface area (Å²) in [7, 11) is 0. The van der Waals surface area contributed by atoms with Crippen LogP contribution >= 0.6 is 0 Å². The standard InChI is InChI=1S/C23H21F3N2O/c1-16-11-13-18(14-12-16)22(17-7-3-2-4-8-17)27-15-21(29)28-20-10-6-5-9-19(20)23(24,25)26/h2-14,22,27H,15H2,1H3,(H,28,29)/p+1/t22-/m0/s1. The van der Waals surface area contributed by atoms with Crippen LogP contribution in [0.5, 0.6) is 0 Å². The lowest BCUT2D eigenvalue weighted by atomic mass is 9.98. The Bertz CT molecular complexity index is 954. The smallest absolute Gasteiger partial charge is 0.328 e. The van der Waals surface area contributed by atoms with Crippen LogP contribution in [0.15, 0.2) is 78.9 Å². The maximum absolute atomic E-state index is 13.1. The van der Waals surface area contributed by atoms with E-state index in [-0.39, 0.29) is 18.3 Å². The molecule has 0 bridgehead atoms. The minimum absolute atomic E-state index is 0.0143. The molecule has 1 atom stereocenters. The van der Waals surface area contributed by atoms with Gasteiger partial charge in [-0.1, -0.05) is 72.3 Å². The van der Waals surface area contributed by atoms with Gasteiger partial charge in [0.15, 0.2) is 6.54 Å². The Morgan fingerprint density at radius 3 is 2.14 bits per heavy atom. The van der Waals surface area contributed by atoms with Gasteiger partial charge in [-0.3, -0.25) is 4.79 Å². The second-order valence-corrected chi connectivity index (χ2v) is 6.83. The van der Waals surface area contributed by atoms with Crippen LogP contribution < -0.4 is 10.6 Å². The first-order valence-electron chi connectivity index (χ1n) is 9.25. The van der Waals surface area contributed by atoms with Crippen molar-refractivity contribution in [2.75, 3.05) is 11.9 Å². The topological polar surface area (TPSA) is 45.7 Å². The van der Waals surface area contributed by atoms with Crippen LogP contribution in [0.25, 0.3) is 0 Å². The fourth-order valence-electron chi connectivity index (χ4n) is 3.16. The van der Waals surface area contributed by atoms with E-state index in [0.29, 0.717) is 0 Å². The quantitative estimate of drug-likeness (QED) is 0.638. The maximum atomic E-state index is 13.1. The Labute approximate surface area is 167 Å². The fraction of sp³-hybridized carbons (Fsp3) is 0.174. The molecule has 150 valence electrons. The molecule has 0 aromatic heterocycles. The summed E-state index contributed by atoms with van der Waals surface area (Å²) in [5.74, 6) is -0.491. The summed E-state index contributed by atoms with van der Waals surface area (Å²) >= 11 is 0. The Kier molecular flexibility index (Phi) is 6.34. The fourth-order valence-corrected chi connectivity index (χ4v) is 3.16. The molecule has 3 N–H and O–H groups in total. The number of hydrogen-bond donors (Lipinski definition) is 2. The van der Waals surface area contributed by atoms with E-state index in [9.17, 15) is 18.0 Å². The molecule has 29 heavy (non-hydrogen) atoms. The number of carbonyl (C=O) groups excluding carboxylic acids is 1. The summed E-state index contributed by atoms with van der Waals surface area (Å²) in [6.07, 6.45) is -4.53. The molecule has 3 aromatic rings. The van der Waals surface area contributed by atoms with Crippen molar-refractivity contribution in [3.63, 3.8) is 0 Å². The zero-order chi connectivity index (χ0) is 20.9. The molecule has 6 heteroatoms. The SMILES string of the molecule is Cc1ccc([C@@H]([NH2+]CC(=O)Nc2ccccc2C(F)(F)F)c2ccccc2)cc1. The Hall–Kier alpha value is -3.12. The Morgan fingerprint density at radius 1 is 0.897 bits per heavy atom. The van der Waals surface area contributed by atoms with E-state index in [1.165, 1.54) is 18.2 Å². The summed E-state index contributed by atoms with van der Waals surface area (Å²) in [6, 6.07) is 22.5. The van der Waals surface area contributed by atoms with Crippen molar-refractivity contribution in [3.05, 3.63) is 101 Å². The van der Waals surface area contributed by atoms with Gasteiger partial charge >= 0.3 is 6.18 Å². The van der Waals surface area contributed by atoms with E-state index in [1.807, 2.05) is 66.8 Å². The molecule has 0 aliphatic heterocycles. The van der Waals surface area contributed by atoms with Gasteiger partial charge in [0.25, 0.3) is 5.91 Å². The van der Waals surface area contributed by atoms with Crippen LogP contribution in [0.1, 0.15) is 28.3 Å². The van der Waals surface area contributed by atoms with Gasteiger partial charge < -0.3 is 10.6 Å². The van der Waals surface area contributed by atoms with Crippen LogP contribution in [0.2, 0.25) is 0 Å². The number of nitrogens with one attached hydrogen (secondary N) is 1. The first kappa shape index (κ1) is 20.6. The maximum Gasteiger partial charge on any atom is 0.418 e. The number of para-hydroxylation sites is 1. The summed E-state index contributed by atoms with van der Waals surface area (Å²) < 4.78 is 39.4. The van der Waals surface area contributed by atoms with Gasteiger partial charge in [-0.15, -0.1) is 0 Å². The molecule has 0 saturated carbocycles.